The first kappa shape index (κ1) is 27.4. The topological polar surface area (TPSA) is 94.8 Å². The zero-order valence-electron chi connectivity index (χ0n) is 20.7. The molecule has 3 rings (SSSR count). The Balaban J connectivity index is 0.000000252. The Labute approximate surface area is 196 Å². The van der Waals surface area contributed by atoms with Gasteiger partial charge in [-0.25, -0.2) is 4.79 Å². The molecule has 0 unspecified atom stereocenters. The van der Waals surface area contributed by atoms with Crippen molar-refractivity contribution in [3.8, 4) is 11.5 Å². The van der Waals surface area contributed by atoms with Crippen LogP contribution in [0.4, 0.5) is 0 Å². The molecule has 0 saturated carbocycles. The molecular formula is C28H34O5. The molecule has 0 fully saturated rings. The van der Waals surface area contributed by atoms with Gasteiger partial charge in [-0.2, -0.15) is 0 Å². The van der Waals surface area contributed by atoms with E-state index in [1.807, 2.05) is 66.7 Å². The Morgan fingerprint density at radius 1 is 0.636 bits per heavy atom. The van der Waals surface area contributed by atoms with E-state index in [1.165, 1.54) is 11.6 Å². The van der Waals surface area contributed by atoms with Gasteiger partial charge in [0.1, 0.15) is 11.5 Å². The molecule has 5 nitrogen and oxygen atoms in total. The van der Waals surface area contributed by atoms with Crippen LogP contribution in [0.2, 0.25) is 0 Å². The minimum Gasteiger partial charge on any atom is -0.508 e. The summed E-state index contributed by atoms with van der Waals surface area (Å²) >= 11 is 0. The fourth-order valence-electron chi connectivity index (χ4n) is 3.73. The van der Waals surface area contributed by atoms with Crippen molar-refractivity contribution in [1.82, 2.24) is 0 Å². The number of rotatable bonds is 2. The fourth-order valence-corrected chi connectivity index (χ4v) is 3.73. The molecule has 33 heavy (non-hydrogen) atoms. The molecule has 0 spiro atoms. The highest BCUT2D eigenvalue weighted by molar-refractivity contribution is 5.91. The highest BCUT2D eigenvalue weighted by Gasteiger charge is 2.13. The quantitative estimate of drug-likeness (QED) is 0.390. The summed E-state index contributed by atoms with van der Waals surface area (Å²) in [5.41, 5.74) is 9.42. The predicted octanol–water partition coefficient (Wildman–Crippen LogP) is 6.45. The van der Waals surface area contributed by atoms with Gasteiger partial charge < -0.3 is 15.3 Å². The van der Waals surface area contributed by atoms with Crippen LogP contribution in [0.5, 0.6) is 11.5 Å². The first-order chi connectivity index (χ1) is 15.3. The number of hydrogen-bond donors (Lipinski definition) is 3. The van der Waals surface area contributed by atoms with Crippen LogP contribution in [-0.2, 0) is 0 Å². The van der Waals surface area contributed by atoms with Crippen molar-refractivity contribution >= 4 is 12.3 Å². The molecule has 176 valence electrons. The summed E-state index contributed by atoms with van der Waals surface area (Å²) in [4.78, 5) is 21.5. The van der Waals surface area contributed by atoms with Gasteiger partial charge in [-0.3, -0.25) is 4.79 Å². The van der Waals surface area contributed by atoms with Crippen molar-refractivity contribution in [2.45, 2.75) is 55.4 Å². The summed E-state index contributed by atoms with van der Waals surface area (Å²) in [6.45, 7) is 15.4. The zero-order valence-corrected chi connectivity index (χ0v) is 20.7. The van der Waals surface area contributed by atoms with Gasteiger partial charge in [0.05, 0.1) is 5.56 Å². The lowest BCUT2D eigenvalue weighted by atomic mass is 9.94. The van der Waals surface area contributed by atoms with Gasteiger partial charge in [-0.15, -0.1) is 0 Å². The molecule has 5 heteroatoms. The van der Waals surface area contributed by atoms with Gasteiger partial charge >= 0.3 is 5.97 Å². The smallest absolute Gasteiger partial charge is 0.336 e. The summed E-state index contributed by atoms with van der Waals surface area (Å²) in [5, 5.41) is 26.6. The third-order valence-electron chi connectivity index (χ3n) is 5.47. The number of benzene rings is 3. The molecule has 0 radical (unpaired) electrons. The van der Waals surface area contributed by atoms with E-state index < -0.39 is 5.97 Å². The summed E-state index contributed by atoms with van der Waals surface area (Å²) in [7, 11) is 0. The number of phenols is 2. The van der Waals surface area contributed by atoms with Crippen LogP contribution in [0, 0.1) is 55.4 Å². The van der Waals surface area contributed by atoms with Crippen LogP contribution in [0.1, 0.15) is 65.2 Å². The highest BCUT2D eigenvalue weighted by Crippen LogP contribution is 2.21. The highest BCUT2D eigenvalue weighted by atomic mass is 16.4. The Hall–Kier alpha value is -3.60. The number of aldehydes is 1. The van der Waals surface area contributed by atoms with Crippen molar-refractivity contribution in [1.29, 1.82) is 0 Å². The molecule has 0 aliphatic rings. The van der Waals surface area contributed by atoms with Gasteiger partial charge in [0, 0.05) is 11.6 Å². The van der Waals surface area contributed by atoms with Crippen LogP contribution in [-0.4, -0.2) is 27.6 Å². The Bertz CT molecular complexity index is 1090. The number of carbonyl (C=O) groups is 2. The molecule has 3 N–H and O–H groups in total. The molecule has 0 heterocycles. The van der Waals surface area contributed by atoms with E-state index in [-0.39, 0.29) is 11.5 Å². The molecule has 3 aromatic carbocycles. The van der Waals surface area contributed by atoms with Crippen LogP contribution in [0.15, 0.2) is 36.4 Å². The van der Waals surface area contributed by atoms with Crippen LogP contribution < -0.4 is 0 Å². The minimum atomic E-state index is -0.835. The Kier molecular flexibility index (Phi) is 9.86. The van der Waals surface area contributed by atoms with E-state index in [0.29, 0.717) is 5.56 Å². The molecule has 0 aromatic heterocycles. The summed E-state index contributed by atoms with van der Waals surface area (Å²) in [5.74, 6) is -0.627. The molecular weight excluding hydrogens is 416 g/mol. The lowest BCUT2D eigenvalue weighted by Crippen LogP contribution is -2.05. The number of carbonyl (C=O) groups excluding carboxylic acids is 1. The SMILES string of the molecule is Cc1cc(C)c(C(=O)O)c(C)c1C.Cc1cc(C)c(C=O)c(C)c1.Cc1cc(O)cc(O)c1. The van der Waals surface area contributed by atoms with Gasteiger partial charge in [0.15, 0.2) is 6.29 Å². The molecule has 3 aromatic rings. The standard InChI is InChI=1S/C11H14O2.C10H12O.C7H8O2/c1-6-5-7(2)10(11(12)13)9(4)8(6)3;1-7-4-8(2)10(6-11)9(3)5-7;1-5-2-6(8)4-7(9)3-5/h5H,1-4H3,(H,12,13);4-6H,1-3H3;2-4,8-9H,1H3. The van der Waals surface area contributed by atoms with Gasteiger partial charge in [0.25, 0.3) is 0 Å². The van der Waals surface area contributed by atoms with Crippen molar-refractivity contribution in [2.75, 3.05) is 0 Å². The molecule has 0 aliphatic carbocycles. The third kappa shape index (κ3) is 7.79. The van der Waals surface area contributed by atoms with Crippen molar-refractivity contribution < 1.29 is 24.9 Å². The van der Waals surface area contributed by atoms with Gasteiger partial charge in [0.2, 0.25) is 0 Å². The zero-order chi connectivity index (χ0) is 25.5. The van der Waals surface area contributed by atoms with E-state index in [9.17, 15) is 9.59 Å². The van der Waals surface area contributed by atoms with Crippen molar-refractivity contribution in [3.63, 3.8) is 0 Å². The maximum absolute atomic E-state index is 10.9. The molecule has 0 bridgehead atoms. The number of hydrogen-bond acceptors (Lipinski definition) is 4. The number of phenolic OH excluding ortho intramolecular Hbond substituents is 2. The van der Waals surface area contributed by atoms with Gasteiger partial charge in [-0.1, -0.05) is 23.8 Å². The van der Waals surface area contributed by atoms with Crippen molar-refractivity contribution in [2.24, 2.45) is 0 Å². The average Bonchev–Trinajstić information content (AvgIpc) is 2.65. The molecule has 0 amide bonds. The Morgan fingerprint density at radius 3 is 1.48 bits per heavy atom. The normalized spacial score (nSPS) is 9.82. The van der Waals surface area contributed by atoms with Crippen LogP contribution in [0.3, 0.4) is 0 Å². The number of aryl methyl sites for hydroxylation is 6. The van der Waals surface area contributed by atoms with Crippen molar-refractivity contribution in [3.05, 3.63) is 92.0 Å². The largest absolute Gasteiger partial charge is 0.508 e. The van der Waals surface area contributed by atoms with E-state index in [0.717, 1.165) is 50.8 Å². The number of carboxylic acid groups (broad SMARTS) is 1. The monoisotopic (exact) mass is 450 g/mol. The minimum absolute atomic E-state index is 0.104. The number of aromatic hydroxyl groups is 2. The Morgan fingerprint density at radius 2 is 1.09 bits per heavy atom. The lowest BCUT2D eigenvalue weighted by Gasteiger charge is -2.11. The molecule has 0 atom stereocenters. The predicted molar refractivity (Wildman–Crippen MR) is 133 cm³/mol. The third-order valence-corrected chi connectivity index (χ3v) is 5.47. The second-order valence-electron chi connectivity index (χ2n) is 8.40. The first-order valence-corrected chi connectivity index (χ1v) is 10.6. The van der Waals surface area contributed by atoms with E-state index >= 15 is 0 Å². The number of aromatic carboxylic acids is 1. The van der Waals surface area contributed by atoms with E-state index in [2.05, 4.69) is 0 Å². The lowest BCUT2D eigenvalue weighted by molar-refractivity contribution is 0.0695. The second-order valence-corrected chi connectivity index (χ2v) is 8.40. The molecule has 0 aliphatic heterocycles. The maximum Gasteiger partial charge on any atom is 0.336 e. The second kappa shape index (κ2) is 11.9. The fraction of sp³-hybridized carbons (Fsp3) is 0.286. The van der Waals surface area contributed by atoms with Gasteiger partial charge in [-0.05, 0) is 106 Å². The van der Waals surface area contributed by atoms with Crippen LogP contribution in [0.25, 0.3) is 0 Å². The van der Waals surface area contributed by atoms with E-state index in [1.54, 1.807) is 19.1 Å². The first-order valence-electron chi connectivity index (χ1n) is 10.6. The summed E-state index contributed by atoms with van der Waals surface area (Å²) in [6.07, 6.45) is 0.921. The number of carboxylic acids is 1. The maximum atomic E-state index is 10.9. The molecule has 0 saturated heterocycles. The van der Waals surface area contributed by atoms with E-state index in [4.69, 9.17) is 15.3 Å². The summed E-state index contributed by atoms with van der Waals surface area (Å²) in [6, 6.07) is 10.4. The summed E-state index contributed by atoms with van der Waals surface area (Å²) < 4.78 is 0. The average molecular weight is 451 g/mol. The van der Waals surface area contributed by atoms with Crippen LogP contribution >= 0.6 is 0 Å².